The summed E-state index contributed by atoms with van der Waals surface area (Å²) in [5.41, 5.74) is -2.51. The van der Waals surface area contributed by atoms with E-state index < -0.39 is 34.6 Å². The van der Waals surface area contributed by atoms with Crippen molar-refractivity contribution in [2.24, 2.45) is 0 Å². The Morgan fingerprint density at radius 2 is 2.00 bits per heavy atom. The molecule has 0 saturated heterocycles. The fraction of sp³-hybridized carbons (Fsp3) is 0.143. The van der Waals surface area contributed by atoms with Crippen LogP contribution in [0.1, 0.15) is 22.5 Å². The summed E-state index contributed by atoms with van der Waals surface area (Å²) in [6.07, 6.45) is -3.05. The Morgan fingerprint density at radius 1 is 1.43 bits per heavy atom. The maximum Gasteiger partial charge on any atom is 0.273 e. The average Bonchev–Trinajstić information content (AvgIpc) is 2.02. The lowest BCUT2D eigenvalue weighted by molar-refractivity contribution is 0.106. The molecule has 0 radical (unpaired) electrons. The number of alkyl halides is 2. The van der Waals surface area contributed by atoms with E-state index in [0.717, 1.165) is 0 Å². The van der Waals surface area contributed by atoms with Gasteiger partial charge in [-0.1, -0.05) is 0 Å². The van der Waals surface area contributed by atoms with Crippen LogP contribution in [0.4, 0.5) is 17.6 Å². The molecule has 76 valence electrons. The summed E-state index contributed by atoms with van der Waals surface area (Å²) < 4.78 is 49.7. The van der Waals surface area contributed by atoms with Gasteiger partial charge in [-0.2, -0.15) is 0 Å². The highest BCUT2D eigenvalue weighted by atomic mass is 35.5. The number of hydrogen-bond donors (Lipinski definition) is 0. The molecule has 0 saturated carbocycles. The summed E-state index contributed by atoms with van der Waals surface area (Å²) in [5, 5.41) is -1.36. The number of carbonyl (C=O) groups excluding carboxylic acids is 1. The summed E-state index contributed by atoms with van der Waals surface area (Å²) in [4.78, 5) is 13.4. The molecule has 1 aromatic heterocycles. The summed E-state index contributed by atoms with van der Waals surface area (Å²) in [7, 11) is 0. The summed E-state index contributed by atoms with van der Waals surface area (Å²) in [5.74, 6) is -3.24. The lowest BCUT2D eigenvalue weighted by Crippen LogP contribution is -2.06. The molecule has 0 aliphatic carbocycles. The zero-order chi connectivity index (χ0) is 10.9. The fourth-order valence-electron chi connectivity index (χ4n) is 0.817. The predicted molar refractivity (Wildman–Crippen MR) is 39.3 cm³/mol. The number of pyridine rings is 1. The summed E-state index contributed by atoms with van der Waals surface area (Å²) >= 11 is 4.83. The standard InChI is InChI=1S/C7H2ClF4NO/c8-6(14)5-4(10)3(7(11)12)2(9)1-13-5/h1,7H. The predicted octanol–water partition coefficient (Wildman–Crippen LogP) is 2.68. The number of halogens is 5. The van der Waals surface area contributed by atoms with E-state index in [9.17, 15) is 22.4 Å². The topological polar surface area (TPSA) is 30.0 Å². The second-order valence-electron chi connectivity index (χ2n) is 2.26. The minimum Gasteiger partial charge on any atom is -0.274 e. The third-order valence-electron chi connectivity index (χ3n) is 1.41. The van der Waals surface area contributed by atoms with Gasteiger partial charge >= 0.3 is 0 Å². The molecule has 0 amide bonds. The van der Waals surface area contributed by atoms with E-state index in [1.807, 2.05) is 0 Å². The number of rotatable bonds is 2. The minimum atomic E-state index is -3.37. The van der Waals surface area contributed by atoms with Gasteiger partial charge in [0.1, 0.15) is 0 Å². The van der Waals surface area contributed by atoms with Gasteiger partial charge in [-0.25, -0.2) is 22.5 Å². The average molecular weight is 228 g/mol. The Hall–Kier alpha value is -1.17. The highest BCUT2D eigenvalue weighted by Crippen LogP contribution is 2.26. The van der Waals surface area contributed by atoms with Crippen molar-refractivity contribution in [2.75, 3.05) is 0 Å². The first-order valence-electron chi connectivity index (χ1n) is 3.27. The third-order valence-corrected chi connectivity index (χ3v) is 1.59. The molecule has 2 nitrogen and oxygen atoms in total. The van der Waals surface area contributed by atoms with E-state index in [0.29, 0.717) is 6.20 Å². The van der Waals surface area contributed by atoms with Gasteiger partial charge < -0.3 is 0 Å². The van der Waals surface area contributed by atoms with Crippen LogP contribution in [0.25, 0.3) is 0 Å². The number of nitrogens with zero attached hydrogens (tertiary/aromatic N) is 1. The first kappa shape index (κ1) is 10.9. The van der Waals surface area contributed by atoms with Gasteiger partial charge in [-0.3, -0.25) is 4.79 Å². The SMILES string of the molecule is O=C(Cl)c1ncc(F)c(C(F)F)c1F. The molecule has 1 rings (SSSR count). The van der Waals surface area contributed by atoms with Crippen LogP contribution in [-0.2, 0) is 0 Å². The van der Waals surface area contributed by atoms with E-state index in [4.69, 9.17) is 11.6 Å². The molecule has 14 heavy (non-hydrogen) atoms. The second-order valence-corrected chi connectivity index (χ2v) is 2.60. The largest absolute Gasteiger partial charge is 0.274 e. The van der Waals surface area contributed by atoms with Gasteiger partial charge in [0.05, 0.1) is 11.8 Å². The van der Waals surface area contributed by atoms with Gasteiger partial charge in [0.2, 0.25) is 0 Å². The van der Waals surface area contributed by atoms with Gasteiger partial charge in [0.25, 0.3) is 11.7 Å². The van der Waals surface area contributed by atoms with Crippen molar-refractivity contribution in [1.82, 2.24) is 4.98 Å². The monoisotopic (exact) mass is 227 g/mol. The lowest BCUT2D eigenvalue weighted by Gasteiger charge is -2.04. The molecule has 0 aromatic carbocycles. The molecule has 0 aliphatic heterocycles. The molecule has 0 bridgehead atoms. The highest BCUT2D eigenvalue weighted by Gasteiger charge is 2.24. The van der Waals surface area contributed by atoms with Crippen molar-refractivity contribution in [3.8, 4) is 0 Å². The zero-order valence-electron chi connectivity index (χ0n) is 6.40. The van der Waals surface area contributed by atoms with E-state index in [-0.39, 0.29) is 0 Å². The van der Waals surface area contributed by atoms with Crippen LogP contribution in [0.2, 0.25) is 0 Å². The number of aromatic nitrogens is 1. The smallest absolute Gasteiger partial charge is 0.273 e. The molecular formula is C7H2ClF4NO. The molecule has 0 aliphatic rings. The lowest BCUT2D eigenvalue weighted by atomic mass is 10.2. The van der Waals surface area contributed by atoms with Crippen molar-refractivity contribution in [3.63, 3.8) is 0 Å². The molecule has 1 aromatic rings. The minimum absolute atomic E-state index is 0.320. The van der Waals surface area contributed by atoms with Crippen LogP contribution in [0, 0.1) is 11.6 Å². The van der Waals surface area contributed by atoms with Crippen LogP contribution in [0.5, 0.6) is 0 Å². The van der Waals surface area contributed by atoms with Crippen LogP contribution in [0.15, 0.2) is 6.20 Å². The molecule has 0 fully saturated rings. The molecule has 7 heteroatoms. The maximum atomic E-state index is 12.9. The normalized spacial score (nSPS) is 10.7. The number of carbonyl (C=O) groups is 1. The third kappa shape index (κ3) is 1.84. The summed E-state index contributed by atoms with van der Waals surface area (Å²) in [6, 6.07) is 0. The van der Waals surface area contributed by atoms with Crippen LogP contribution >= 0.6 is 11.6 Å². The number of hydrogen-bond acceptors (Lipinski definition) is 2. The first-order chi connectivity index (χ1) is 6.45. The molecule has 0 unspecified atom stereocenters. The molecule has 0 N–H and O–H groups in total. The Morgan fingerprint density at radius 3 is 2.43 bits per heavy atom. The molecule has 1 heterocycles. The Balaban J connectivity index is 3.41. The second kappa shape index (κ2) is 3.91. The molecular weight excluding hydrogens is 226 g/mol. The van der Waals surface area contributed by atoms with Gasteiger partial charge in [0, 0.05) is 0 Å². The van der Waals surface area contributed by atoms with E-state index in [1.165, 1.54) is 0 Å². The van der Waals surface area contributed by atoms with Crippen molar-refractivity contribution in [2.45, 2.75) is 6.43 Å². The van der Waals surface area contributed by atoms with Gasteiger partial charge in [-0.05, 0) is 11.6 Å². The van der Waals surface area contributed by atoms with E-state index in [2.05, 4.69) is 4.98 Å². The Labute approximate surface area is 80.5 Å². The van der Waals surface area contributed by atoms with Crippen molar-refractivity contribution in [1.29, 1.82) is 0 Å². The fourth-order valence-corrected chi connectivity index (χ4v) is 0.949. The molecule has 0 spiro atoms. The summed E-state index contributed by atoms with van der Waals surface area (Å²) in [6.45, 7) is 0. The van der Waals surface area contributed by atoms with Crippen LogP contribution < -0.4 is 0 Å². The van der Waals surface area contributed by atoms with Crippen molar-refractivity contribution >= 4 is 16.8 Å². The first-order valence-corrected chi connectivity index (χ1v) is 3.64. The van der Waals surface area contributed by atoms with Crippen LogP contribution in [-0.4, -0.2) is 10.2 Å². The van der Waals surface area contributed by atoms with Crippen molar-refractivity contribution in [3.05, 3.63) is 29.1 Å². The highest BCUT2D eigenvalue weighted by molar-refractivity contribution is 6.67. The van der Waals surface area contributed by atoms with Gasteiger partial charge in [0.15, 0.2) is 17.3 Å². The zero-order valence-corrected chi connectivity index (χ0v) is 7.16. The maximum absolute atomic E-state index is 12.9. The van der Waals surface area contributed by atoms with Crippen LogP contribution in [0.3, 0.4) is 0 Å². The van der Waals surface area contributed by atoms with E-state index in [1.54, 1.807) is 0 Å². The Kier molecular flexibility index (Phi) is 3.05. The quantitative estimate of drug-likeness (QED) is 0.574. The van der Waals surface area contributed by atoms with Gasteiger partial charge in [-0.15, -0.1) is 0 Å². The Bertz CT molecular complexity index is 382. The van der Waals surface area contributed by atoms with E-state index >= 15 is 0 Å². The van der Waals surface area contributed by atoms with Crippen molar-refractivity contribution < 1.29 is 22.4 Å². The molecule has 0 atom stereocenters.